The van der Waals surface area contributed by atoms with Crippen molar-refractivity contribution < 1.29 is 9.59 Å². The number of hydrogen-bond donors (Lipinski definition) is 2. The summed E-state index contributed by atoms with van der Waals surface area (Å²) < 4.78 is 1.84. The molecule has 27 heavy (non-hydrogen) atoms. The van der Waals surface area contributed by atoms with Gasteiger partial charge in [-0.1, -0.05) is 12.1 Å². The van der Waals surface area contributed by atoms with Gasteiger partial charge in [0.05, 0.1) is 18.7 Å². The standard InChI is InChI=1S/C18H18N6O2S/c25-16(10-15-12-27-18(22-15)24-9-7-19-17(24)26)21-14-4-2-13(3-5-14)11-23-8-1-6-20-23/h1-6,8,12H,7,9-11H2,(H,19,26)(H,21,25). The molecular formula is C18H18N6O2S. The quantitative estimate of drug-likeness (QED) is 0.683. The zero-order valence-corrected chi connectivity index (χ0v) is 15.3. The second-order valence-corrected chi connectivity index (χ2v) is 6.97. The number of rotatable bonds is 6. The zero-order valence-electron chi connectivity index (χ0n) is 14.5. The smallest absolute Gasteiger partial charge is 0.323 e. The number of urea groups is 1. The van der Waals surface area contributed by atoms with Crippen LogP contribution in [0.15, 0.2) is 48.1 Å². The summed E-state index contributed by atoms with van der Waals surface area (Å²) in [5.74, 6) is -0.141. The lowest BCUT2D eigenvalue weighted by atomic mass is 10.2. The molecule has 0 radical (unpaired) electrons. The second-order valence-electron chi connectivity index (χ2n) is 6.13. The molecule has 1 fully saturated rings. The number of benzene rings is 1. The average molecular weight is 382 g/mol. The Labute approximate surface area is 159 Å². The van der Waals surface area contributed by atoms with Gasteiger partial charge in [-0.3, -0.25) is 14.4 Å². The minimum absolute atomic E-state index is 0.141. The fourth-order valence-corrected chi connectivity index (χ4v) is 3.65. The normalized spacial score (nSPS) is 13.6. The van der Waals surface area contributed by atoms with Crippen LogP contribution < -0.4 is 15.5 Å². The monoisotopic (exact) mass is 382 g/mol. The number of thiazole rings is 1. The maximum absolute atomic E-state index is 12.3. The Bertz CT molecular complexity index is 935. The number of carbonyl (C=O) groups excluding carboxylic acids is 2. The highest BCUT2D eigenvalue weighted by Gasteiger charge is 2.24. The molecule has 4 rings (SSSR count). The summed E-state index contributed by atoms with van der Waals surface area (Å²) in [6.45, 7) is 1.90. The van der Waals surface area contributed by atoms with Gasteiger partial charge in [-0.2, -0.15) is 5.10 Å². The summed E-state index contributed by atoms with van der Waals surface area (Å²) in [6, 6.07) is 9.41. The third-order valence-electron chi connectivity index (χ3n) is 4.11. The molecule has 0 bridgehead atoms. The Kier molecular flexibility index (Phi) is 4.84. The van der Waals surface area contributed by atoms with Crippen LogP contribution >= 0.6 is 11.3 Å². The Morgan fingerprint density at radius 1 is 1.30 bits per heavy atom. The van der Waals surface area contributed by atoms with Gasteiger partial charge in [-0.15, -0.1) is 11.3 Å². The Morgan fingerprint density at radius 3 is 2.85 bits per heavy atom. The molecule has 2 aromatic heterocycles. The van der Waals surface area contributed by atoms with E-state index in [1.807, 2.05) is 46.6 Å². The van der Waals surface area contributed by atoms with E-state index in [1.54, 1.807) is 11.1 Å². The van der Waals surface area contributed by atoms with Crippen LogP contribution in [0.25, 0.3) is 0 Å². The van der Waals surface area contributed by atoms with Crippen molar-refractivity contribution in [3.8, 4) is 0 Å². The van der Waals surface area contributed by atoms with Crippen molar-refractivity contribution in [2.24, 2.45) is 0 Å². The summed E-state index contributed by atoms with van der Waals surface area (Å²) >= 11 is 1.37. The number of nitrogens with one attached hydrogen (secondary N) is 2. The maximum Gasteiger partial charge on any atom is 0.323 e. The summed E-state index contributed by atoms with van der Waals surface area (Å²) in [5, 5.41) is 12.2. The minimum Gasteiger partial charge on any atom is -0.336 e. The van der Waals surface area contributed by atoms with Crippen molar-refractivity contribution >= 4 is 34.1 Å². The molecule has 0 atom stereocenters. The lowest BCUT2D eigenvalue weighted by molar-refractivity contribution is -0.115. The third kappa shape index (κ3) is 4.14. The van der Waals surface area contributed by atoms with Crippen molar-refractivity contribution in [1.82, 2.24) is 20.1 Å². The lowest BCUT2D eigenvalue weighted by Crippen LogP contribution is -2.27. The molecule has 0 unspecified atom stereocenters. The van der Waals surface area contributed by atoms with Gasteiger partial charge in [-0.05, 0) is 23.8 Å². The van der Waals surface area contributed by atoms with Gasteiger partial charge in [-0.25, -0.2) is 9.78 Å². The van der Waals surface area contributed by atoms with E-state index in [0.717, 1.165) is 11.3 Å². The molecule has 1 saturated heterocycles. The van der Waals surface area contributed by atoms with Crippen molar-refractivity contribution in [2.75, 3.05) is 23.3 Å². The SMILES string of the molecule is O=C(Cc1csc(N2CCNC2=O)n1)Nc1ccc(Cn2cccn2)cc1. The van der Waals surface area contributed by atoms with Gasteiger partial charge >= 0.3 is 6.03 Å². The van der Waals surface area contributed by atoms with Crippen LogP contribution in [0.4, 0.5) is 15.6 Å². The first-order valence-corrected chi connectivity index (χ1v) is 9.41. The summed E-state index contributed by atoms with van der Waals surface area (Å²) in [4.78, 5) is 29.9. The van der Waals surface area contributed by atoms with Gasteiger partial charge < -0.3 is 10.6 Å². The van der Waals surface area contributed by atoms with E-state index >= 15 is 0 Å². The van der Waals surface area contributed by atoms with Gasteiger partial charge in [0, 0.05) is 36.6 Å². The van der Waals surface area contributed by atoms with Crippen LogP contribution in [0.2, 0.25) is 0 Å². The second kappa shape index (κ2) is 7.58. The highest BCUT2D eigenvalue weighted by molar-refractivity contribution is 7.14. The molecule has 0 spiro atoms. The number of hydrogen-bond acceptors (Lipinski definition) is 5. The van der Waals surface area contributed by atoms with Gasteiger partial charge in [0.25, 0.3) is 0 Å². The van der Waals surface area contributed by atoms with E-state index in [0.29, 0.717) is 30.5 Å². The lowest BCUT2D eigenvalue weighted by Gasteiger charge is -2.08. The van der Waals surface area contributed by atoms with Crippen LogP contribution in [-0.2, 0) is 17.8 Å². The van der Waals surface area contributed by atoms with Crippen molar-refractivity contribution in [1.29, 1.82) is 0 Å². The number of amides is 3. The number of nitrogens with zero attached hydrogens (tertiary/aromatic N) is 4. The minimum atomic E-state index is -0.143. The molecule has 3 amide bonds. The maximum atomic E-state index is 12.3. The fourth-order valence-electron chi connectivity index (χ4n) is 2.80. The average Bonchev–Trinajstić information content (AvgIpc) is 3.39. The van der Waals surface area contributed by atoms with E-state index in [-0.39, 0.29) is 18.4 Å². The van der Waals surface area contributed by atoms with E-state index in [2.05, 4.69) is 20.7 Å². The van der Waals surface area contributed by atoms with Crippen molar-refractivity contribution in [2.45, 2.75) is 13.0 Å². The molecule has 1 aliphatic rings. The van der Waals surface area contributed by atoms with Crippen molar-refractivity contribution in [3.63, 3.8) is 0 Å². The van der Waals surface area contributed by atoms with Gasteiger partial charge in [0.1, 0.15) is 0 Å². The predicted molar refractivity (Wildman–Crippen MR) is 103 cm³/mol. The van der Waals surface area contributed by atoms with Crippen LogP contribution in [0.3, 0.4) is 0 Å². The highest BCUT2D eigenvalue weighted by Crippen LogP contribution is 2.22. The van der Waals surface area contributed by atoms with Crippen LogP contribution in [0.5, 0.6) is 0 Å². The summed E-state index contributed by atoms with van der Waals surface area (Å²) in [6.07, 6.45) is 3.82. The zero-order chi connectivity index (χ0) is 18.6. The number of anilines is 2. The molecule has 9 heteroatoms. The fraction of sp³-hybridized carbons (Fsp3) is 0.222. The molecule has 1 aliphatic heterocycles. The molecule has 3 aromatic rings. The molecule has 1 aromatic carbocycles. The number of carbonyl (C=O) groups is 2. The number of aromatic nitrogens is 3. The van der Waals surface area contributed by atoms with E-state index < -0.39 is 0 Å². The summed E-state index contributed by atoms with van der Waals surface area (Å²) in [7, 11) is 0. The van der Waals surface area contributed by atoms with Crippen LogP contribution in [0.1, 0.15) is 11.3 Å². The van der Waals surface area contributed by atoms with E-state index in [9.17, 15) is 9.59 Å². The Balaban J connectivity index is 1.32. The van der Waals surface area contributed by atoms with Crippen LogP contribution in [0, 0.1) is 0 Å². The van der Waals surface area contributed by atoms with E-state index in [1.165, 1.54) is 11.3 Å². The largest absolute Gasteiger partial charge is 0.336 e. The topological polar surface area (TPSA) is 92.1 Å². The highest BCUT2D eigenvalue weighted by atomic mass is 32.1. The first kappa shape index (κ1) is 17.2. The Hall–Kier alpha value is -3.20. The van der Waals surface area contributed by atoms with Crippen LogP contribution in [-0.4, -0.2) is 39.8 Å². The molecule has 0 saturated carbocycles. The molecular weight excluding hydrogens is 364 g/mol. The molecule has 8 nitrogen and oxygen atoms in total. The molecule has 0 aliphatic carbocycles. The first-order chi connectivity index (χ1) is 13.2. The molecule has 2 N–H and O–H groups in total. The Morgan fingerprint density at radius 2 is 2.15 bits per heavy atom. The molecule has 3 heterocycles. The van der Waals surface area contributed by atoms with Gasteiger partial charge in [0.15, 0.2) is 5.13 Å². The third-order valence-corrected chi connectivity index (χ3v) is 5.02. The first-order valence-electron chi connectivity index (χ1n) is 8.53. The van der Waals surface area contributed by atoms with Crippen molar-refractivity contribution in [3.05, 3.63) is 59.4 Å². The predicted octanol–water partition coefficient (Wildman–Crippen LogP) is 2.10. The van der Waals surface area contributed by atoms with E-state index in [4.69, 9.17) is 0 Å². The van der Waals surface area contributed by atoms with Gasteiger partial charge in [0.2, 0.25) is 5.91 Å². The molecule has 138 valence electrons. The summed E-state index contributed by atoms with van der Waals surface area (Å²) in [5.41, 5.74) is 2.49.